The van der Waals surface area contributed by atoms with Crippen LogP contribution in [0.2, 0.25) is 0 Å². The molecule has 0 aromatic heterocycles. The first-order valence-electron chi connectivity index (χ1n) is 6.42. The Labute approximate surface area is 116 Å². The van der Waals surface area contributed by atoms with E-state index >= 15 is 0 Å². The average Bonchev–Trinajstić information content (AvgIpc) is 3.19. The van der Waals surface area contributed by atoms with Crippen LogP contribution in [0.1, 0.15) is 24.8 Å². The molecule has 2 rings (SSSR count). The van der Waals surface area contributed by atoms with Gasteiger partial charge >= 0.3 is 0 Å². The van der Waals surface area contributed by atoms with Crippen LogP contribution in [-0.2, 0) is 11.2 Å². The van der Waals surface area contributed by atoms with Crippen molar-refractivity contribution in [3.8, 4) is 0 Å². The highest BCUT2D eigenvalue weighted by molar-refractivity contribution is 9.10. The summed E-state index contributed by atoms with van der Waals surface area (Å²) in [6.07, 6.45) is 3.70. The van der Waals surface area contributed by atoms with Crippen molar-refractivity contribution in [3.05, 3.63) is 34.3 Å². The minimum atomic E-state index is 0.0850. The maximum absolute atomic E-state index is 11.7. The molecule has 18 heavy (non-hydrogen) atoms. The number of carbonyl (C=O) groups excluding carboxylic acids is 1. The number of rotatable bonds is 6. The smallest absolute Gasteiger partial charge is 0.220 e. The largest absolute Gasteiger partial charge is 0.355 e. The molecule has 1 aromatic carbocycles. The summed E-state index contributed by atoms with van der Waals surface area (Å²) in [4.78, 5) is 11.7. The van der Waals surface area contributed by atoms with E-state index < -0.39 is 0 Å². The van der Waals surface area contributed by atoms with Gasteiger partial charge in [0.2, 0.25) is 5.91 Å². The van der Waals surface area contributed by atoms with Crippen LogP contribution >= 0.6 is 15.9 Å². The van der Waals surface area contributed by atoms with Gasteiger partial charge in [-0.05, 0) is 36.8 Å². The van der Waals surface area contributed by atoms with E-state index in [9.17, 15) is 4.79 Å². The third-order valence-electron chi connectivity index (χ3n) is 3.34. The molecule has 1 fully saturated rings. The normalized spacial score (nSPS) is 16.3. The molecule has 1 aliphatic carbocycles. The van der Waals surface area contributed by atoms with Gasteiger partial charge in [0.25, 0.3) is 0 Å². The number of hydrogen-bond acceptors (Lipinski definition) is 2. The van der Waals surface area contributed by atoms with Crippen LogP contribution in [0.4, 0.5) is 0 Å². The molecular weight excluding hydrogens is 292 g/mol. The van der Waals surface area contributed by atoms with Crippen LogP contribution < -0.4 is 11.1 Å². The van der Waals surface area contributed by atoms with E-state index in [4.69, 9.17) is 5.73 Å². The zero-order valence-corrected chi connectivity index (χ0v) is 11.9. The van der Waals surface area contributed by atoms with Crippen molar-refractivity contribution in [2.45, 2.75) is 31.7 Å². The molecule has 3 nitrogen and oxygen atoms in total. The monoisotopic (exact) mass is 310 g/mol. The Morgan fingerprint density at radius 3 is 2.83 bits per heavy atom. The number of nitrogens with two attached hydrogens (primary N) is 1. The molecule has 1 saturated carbocycles. The highest BCUT2D eigenvalue weighted by atomic mass is 79.9. The fourth-order valence-corrected chi connectivity index (χ4v) is 2.44. The predicted octanol–water partition coefficient (Wildman–Crippen LogP) is 2.24. The lowest BCUT2D eigenvalue weighted by Crippen LogP contribution is -2.38. The fraction of sp³-hybridized carbons (Fsp3) is 0.500. The summed E-state index contributed by atoms with van der Waals surface area (Å²) in [5, 5.41) is 2.91. The van der Waals surface area contributed by atoms with E-state index in [0.717, 1.165) is 10.9 Å². The Kier molecular flexibility index (Phi) is 4.78. The van der Waals surface area contributed by atoms with Gasteiger partial charge in [0, 0.05) is 23.5 Å². The van der Waals surface area contributed by atoms with E-state index in [1.54, 1.807) is 0 Å². The maximum atomic E-state index is 11.7. The molecule has 0 saturated heterocycles. The van der Waals surface area contributed by atoms with E-state index in [0.29, 0.717) is 18.9 Å². The molecule has 0 radical (unpaired) electrons. The van der Waals surface area contributed by atoms with Crippen LogP contribution in [0.25, 0.3) is 0 Å². The Morgan fingerprint density at radius 2 is 2.17 bits per heavy atom. The minimum absolute atomic E-state index is 0.0850. The van der Waals surface area contributed by atoms with Gasteiger partial charge in [-0.3, -0.25) is 4.79 Å². The van der Waals surface area contributed by atoms with Crippen molar-refractivity contribution in [1.29, 1.82) is 0 Å². The number of benzene rings is 1. The second-order valence-electron chi connectivity index (χ2n) is 4.90. The summed E-state index contributed by atoms with van der Waals surface area (Å²) < 4.78 is 1.06. The topological polar surface area (TPSA) is 55.1 Å². The fourth-order valence-electron chi connectivity index (χ4n) is 1.96. The van der Waals surface area contributed by atoms with Crippen molar-refractivity contribution in [1.82, 2.24) is 5.32 Å². The van der Waals surface area contributed by atoms with Crippen LogP contribution in [0, 0.1) is 5.92 Å². The van der Waals surface area contributed by atoms with Gasteiger partial charge < -0.3 is 11.1 Å². The number of halogens is 1. The molecule has 3 N–H and O–H groups in total. The standard InChI is InChI=1S/C14H19BrN2O/c15-12-4-2-1-3-10(12)7-8-14(18)17-9-13(16)11-5-6-11/h1-4,11,13H,5-9,16H2,(H,17,18). The van der Waals surface area contributed by atoms with Crippen molar-refractivity contribution >= 4 is 21.8 Å². The zero-order chi connectivity index (χ0) is 13.0. The molecule has 1 amide bonds. The molecule has 98 valence electrons. The summed E-state index contributed by atoms with van der Waals surface area (Å²) in [7, 11) is 0. The number of nitrogens with one attached hydrogen (secondary N) is 1. The van der Waals surface area contributed by atoms with Crippen molar-refractivity contribution < 1.29 is 4.79 Å². The lowest BCUT2D eigenvalue weighted by molar-refractivity contribution is -0.121. The van der Waals surface area contributed by atoms with E-state index in [-0.39, 0.29) is 11.9 Å². The van der Waals surface area contributed by atoms with E-state index in [2.05, 4.69) is 21.2 Å². The molecule has 1 unspecified atom stereocenters. The second kappa shape index (κ2) is 6.34. The predicted molar refractivity (Wildman–Crippen MR) is 76.2 cm³/mol. The third-order valence-corrected chi connectivity index (χ3v) is 4.12. The Balaban J connectivity index is 1.69. The van der Waals surface area contributed by atoms with Gasteiger partial charge in [0.15, 0.2) is 0 Å². The average molecular weight is 311 g/mol. The molecule has 1 atom stereocenters. The number of carbonyl (C=O) groups is 1. The number of amides is 1. The highest BCUT2D eigenvalue weighted by Crippen LogP contribution is 2.31. The van der Waals surface area contributed by atoms with Crippen LogP contribution in [0.15, 0.2) is 28.7 Å². The van der Waals surface area contributed by atoms with Gasteiger partial charge in [0.1, 0.15) is 0 Å². The molecule has 1 aliphatic rings. The lowest BCUT2D eigenvalue weighted by atomic mass is 10.1. The molecule has 0 aliphatic heterocycles. The van der Waals surface area contributed by atoms with E-state index in [1.807, 2.05) is 24.3 Å². The van der Waals surface area contributed by atoms with Crippen LogP contribution in [0.5, 0.6) is 0 Å². The molecule has 0 spiro atoms. The summed E-state index contributed by atoms with van der Waals surface area (Å²) in [5.41, 5.74) is 7.10. The lowest BCUT2D eigenvalue weighted by Gasteiger charge is -2.11. The van der Waals surface area contributed by atoms with Gasteiger partial charge in [-0.2, -0.15) is 0 Å². The van der Waals surface area contributed by atoms with Gasteiger partial charge in [-0.1, -0.05) is 34.1 Å². The Bertz CT molecular complexity index is 418. The summed E-state index contributed by atoms with van der Waals surface area (Å²) >= 11 is 3.48. The number of hydrogen-bond donors (Lipinski definition) is 2. The first-order chi connectivity index (χ1) is 8.66. The van der Waals surface area contributed by atoms with Crippen molar-refractivity contribution in [2.75, 3.05) is 6.54 Å². The third kappa shape index (κ3) is 4.10. The Morgan fingerprint density at radius 1 is 1.44 bits per heavy atom. The zero-order valence-electron chi connectivity index (χ0n) is 10.4. The van der Waals surface area contributed by atoms with E-state index in [1.165, 1.54) is 18.4 Å². The SMILES string of the molecule is NC(CNC(=O)CCc1ccccc1Br)C1CC1. The molecule has 4 heteroatoms. The van der Waals surface area contributed by atoms with Crippen LogP contribution in [-0.4, -0.2) is 18.5 Å². The highest BCUT2D eigenvalue weighted by Gasteiger charge is 2.28. The molecular formula is C14H19BrN2O. The molecule has 1 aromatic rings. The minimum Gasteiger partial charge on any atom is -0.355 e. The summed E-state index contributed by atoms with van der Waals surface area (Å²) in [6.45, 7) is 0.611. The first-order valence-corrected chi connectivity index (χ1v) is 7.22. The van der Waals surface area contributed by atoms with Crippen molar-refractivity contribution in [2.24, 2.45) is 11.7 Å². The quantitative estimate of drug-likeness (QED) is 0.846. The van der Waals surface area contributed by atoms with Gasteiger partial charge in [-0.15, -0.1) is 0 Å². The Hall–Kier alpha value is -0.870. The van der Waals surface area contributed by atoms with Gasteiger partial charge in [0.05, 0.1) is 0 Å². The van der Waals surface area contributed by atoms with Crippen LogP contribution in [0.3, 0.4) is 0 Å². The second-order valence-corrected chi connectivity index (χ2v) is 5.75. The first kappa shape index (κ1) is 13.6. The summed E-state index contributed by atoms with van der Waals surface area (Å²) in [6, 6.07) is 8.13. The maximum Gasteiger partial charge on any atom is 0.220 e. The summed E-state index contributed by atoms with van der Waals surface area (Å²) in [5.74, 6) is 0.718. The molecule has 0 heterocycles. The number of aryl methyl sites for hydroxylation is 1. The van der Waals surface area contributed by atoms with Gasteiger partial charge in [-0.25, -0.2) is 0 Å². The van der Waals surface area contributed by atoms with Crippen molar-refractivity contribution in [3.63, 3.8) is 0 Å². The molecule has 0 bridgehead atoms.